The van der Waals surface area contributed by atoms with Gasteiger partial charge in [-0.25, -0.2) is 0 Å². The molecule has 0 aromatic carbocycles. The number of hydrogen-bond acceptors (Lipinski definition) is 1. The molecule has 72 valence electrons. The molecule has 0 aliphatic heterocycles. The summed E-state index contributed by atoms with van der Waals surface area (Å²) in [6, 6.07) is 0. The monoisotopic (exact) mass is 178 g/mol. The summed E-state index contributed by atoms with van der Waals surface area (Å²) in [4.78, 5) is 11.0. The van der Waals surface area contributed by atoms with Crippen LogP contribution < -0.4 is 0 Å². The summed E-state index contributed by atoms with van der Waals surface area (Å²) in [6.07, 6.45) is 12.5. The third-order valence-corrected chi connectivity index (χ3v) is 3.34. The summed E-state index contributed by atoms with van der Waals surface area (Å²) in [5, 5.41) is 0. The third-order valence-electron chi connectivity index (χ3n) is 3.34. The van der Waals surface area contributed by atoms with E-state index in [1.165, 1.54) is 12.8 Å². The Morgan fingerprint density at radius 1 is 1.69 bits per heavy atom. The number of carbonyl (C=O) groups excluding carboxylic acids is 1. The van der Waals surface area contributed by atoms with E-state index >= 15 is 0 Å². The molecule has 0 spiro atoms. The van der Waals surface area contributed by atoms with Gasteiger partial charge in [-0.1, -0.05) is 13.3 Å². The largest absolute Gasteiger partial charge is 0.303 e. The summed E-state index contributed by atoms with van der Waals surface area (Å²) in [6.45, 7) is 2.20. The standard InChI is InChI=1S/C12H18O/c1-3-5-7-12(10-13)8-6-11(4-2)9-12/h1,10-11H,4-9H2,2H3. The summed E-state index contributed by atoms with van der Waals surface area (Å²) < 4.78 is 0. The average molecular weight is 178 g/mol. The SMILES string of the molecule is C#CCCC1(C=O)CCC(CC)C1. The fraction of sp³-hybridized carbons (Fsp3) is 0.750. The van der Waals surface area contributed by atoms with Crippen molar-refractivity contribution in [1.82, 2.24) is 0 Å². The average Bonchev–Trinajstić information content (AvgIpc) is 2.59. The zero-order chi connectivity index (χ0) is 9.73. The van der Waals surface area contributed by atoms with E-state index in [2.05, 4.69) is 12.8 Å². The van der Waals surface area contributed by atoms with Gasteiger partial charge in [0.25, 0.3) is 0 Å². The van der Waals surface area contributed by atoms with Crippen LogP contribution in [0.2, 0.25) is 0 Å². The second-order valence-electron chi connectivity index (χ2n) is 4.20. The zero-order valence-electron chi connectivity index (χ0n) is 8.38. The molecule has 2 atom stereocenters. The van der Waals surface area contributed by atoms with Gasteiger partial charge in [0.15, 0.2) is 0 Å². The lowest BCUT2D eigenvalue weighted by atomic mass is 9.82. The molecule has 0 N–H and O–H groups in total. The van der Waals surface area contributed by atoms with Crippen molar-refractivity contribution in [2.75, 3.05) is 0 Å². The maximum absolute atomic E-state index is 11.0. The minimum Gasteiger partial charge on any atom is -0.303 e. The lowest BCUT2D eigenvalue weighted by molar-refractivity contribution is -0.116. The number of terminal acetylenes is 1. The molecule has 1 nitrogen and oxygen atoms in total. The first-order chi connectivity index (χ1) is 6.26. The Kier molecular flexibility index (Phi) is 3.54. The van der Waals surface area contributed by atoms with Crippen molar-refractivity contribution in [2.24, 2.45) is 11.3 Å². The van der Waals surface area contributed by atoms with Crippen LogP contribution in [0.5, 0.6) is 0 Å². The molecule has 0 aromatic heterocycles. The maximum atomic E-state index is 11.0. The highest BCUT2D eigenvalue weighted by Crippen LogP contribution is 2.44. The normalized spacial score (nSPS) is 32.8. The van der Waals surface area contributed by atoms with Gasteiger partial charge in [-0.15, -0.1) is 12.3 Å². The summed E-state index contributed by atoms with van der Waals surface area (Å²) >= 11 is 0. The van der Waals surface area contributed by atoms with E-state index in [-0.39, 0.29) is 5.41 Å². The van der Waals surface area contributed by atoms with Crippen molar-refractivity contribution >= 4 is 6.29 Å². The third kappa shape index (κ3) is 2.34. The highest BCUT2D eigenvalue weighted by atomic mass is 16.1. The van der Waals surface area contributed by atoms with Gasteiger partial charge >= 0.3 is 0 Å². The lowest BCUT2D eigenvalue weighted by Gasteiger charge is -2.20. The van der Waals surface area contributed by atoms with Crippen LogP contribution in [-0.2, 0) is 4.79 Å². The molecular formula is C12H18O. The van der Waals surface area contributed by atoms with Gasteiger partial charge in [0.05, 0.1) is 0 Å². The molecule has 0 heterocycles. The summed E-state index contributed by atoms with van der Waals surface area (Å²) in [5.74, 6) is 3.38. The van der Waals surface area contributed by atoms with Crippen molar-refractivity contribution < 1.29 is 4.79 Å². The van der Waals surface area contributed by atoms with Crippen molar-refractivity contribution in [2.45, 2.75) is 45.4 Å². The van der Waals surface area contributed by atoms with Crippen LogP contribution in [0.25, 0.3) is 0 Å². The number of aldehydes is 1. The molecule has 1 heteroatoms. The first-order valence-corrected chi connectivity index (χ1v) is 5.16. The zero-order valence-corrected chi connectivity index (χ0v) is 8.38. The first kappa shape index (κ1) is 10.3. The number of rotatable bonds is 4. The topological polar surface area (TPSA) is 17.1 Å². The van der Waals surface area contributed by atoms with Gasteiger partial charge in [0, 0.05) is 11.8 Å². The molecule has 2 unspecified atom stereocenters. The van der Waals surface area contributed by atoms with E-state index in [0.29, 0.717) is 0 Å². The number of carbonyl (C=O) groups is 1. The van der Waals surface area contributed by atoms with Gasteiger partial charge in [0.1, 0.15) is 6.29 Å². The molecule has 1 aliphatic rings. The highest BCUT2D eigenvalue weighted by molar-refractivity contribution is 5.60. The molecule has 1 saturated carbocycles. The first-order valence-electron chi connectivity index (χ1n) is 5.16. The summed E-state index contributed by atoms with van der Waals surface area (Å²) in [7, 11) is 0. The van der Waals surface area contributed by atoms with Crippen molar-refractivity contribution in [1.29, 1.82) is 0 Å². The van der Waals surface area contributed by atoms with Gasteiger partial charge in [0.2, 0.25) is 0 Å². The van der Waals surface area contributed by atoms with Gasteiger partial charge < -0.3 is 4.79 Å². The van der Waals surface area contributed by atoms with Crippen LogP contribution in [0.3, 0.4) is 0 Å². The molecule has 0 amide bonds. The van der Waals surface area contributed by atoms with Crippen molar-refractivity contribution in [3.8, 4) is 12.3 Å². The molecule has 0 radical (unpaired) electrons. The molecule has 0 saturated heterocycles. The summed E-state index contributed by atoms with van der Waals surface area (Å²) in [5.41, 5.74) is -0.0625. The Labute approximate surface area is 80.9 Å². The number of hydrogen-bond donors (Lipinski definition) is 0. The van der Waals surface area contributed by atoms with E-state index in [1.54, 1.807) is 0 Å². The Bertz CT molecular complexity index is 214. The van der Waals surface area contributed by atoms with Crippen LogP contribution in [0.4, 0.5) is 0 Å². The van der Waals surface area contributed by atoms with Gasteiger partial charge in [-0.2, -0.15) is 0 Å². The molecule has 0 bridgehead atoms. The van der Waals surface area contributed by atoms with Crippen LogP contribution >= 0.6 is 0 Å². The maximum Gasteiger partial charge on any atom is 0.126 e. The second kappa shape index (κ2) is 4.46. The molecule has 1 fully saturated rings. The Balaban J connectivity index is 2.53. The predicted molar refractivity (Wildman–Crippen MR) is 54.2 cm³/mol. The van der Waals surface area contributed by atoms with Crippen molar-refractivity contribution in [3.63, 3.8) is 0 Å². The quantitative estimate of drug-likeness (QED) is 0.478. The molecule has 1 aliphatic carbocycles. The minimum atomic E-state index is -0.0625. The smallest absolute Gasteiger partial charge is 0.126 e. The molecular weight excluding hydrogens is 160 g/mol. The second-order valence-corrected chi connectivity index (χ2v) is 4.20. The predicted octanol–water partition coefficient (Wildman–Crippen LogP) is 2.80. The van der Waals surface area contributed by atoms with Crippen LogP contribution in [0, 0.1) is 23.7 Å². The lowest BCUT2D eigenvalue weighted by Crippen LogP contribution is -2.18. The minimum absolute atomic E-state index is 0.0625. The fourth-order valence-corrected chi connectivity index (χ4v) is 2.33. The van der Waals surface area contributed by atoms with Crippen LogP contribution in [-0.4, -0.2) is 6.29 Å². The Morgan fingerprint density at radius 3 is 2.92 bits per heavy atom. The van der Waals surface area contributed by atoms with E-state index in [1.807, 2.05) is 0 Å². The van der Waals surface area contributed by atoms with E-state index < -0.39 is 0 Å². The van der Waals surface area contributed by atoms with Gasteiger partial charge in [-0.05, 0) is 31.6 Å². The molecule has 0 aromatic rings. The molecule has 13 heavy (non-hydrogen) atoms. The highest BCUT2D eigenvalue weighted by Gasteiger charge is 2.37. The molecule has 1 rings (SSSR count). The Morgan fingerprint density at radius 2 is 2.46 bits per heavy atom. The van der Waals surface area contributed by atoms with Crippen molar-refractivity contribution in [3.05, 3.63) is 0 Å². The Hall–Kier alpha value is -0.770. The van der Waals surface area contributed by atoms with Gasteiger partial charge in [-0.3, -0.25) is 0 Å². The van der Waals surface area contributed by atoms with Crippen LogP contribution in [0.15, 0.2) is 0 Å². The van der Waals surface area contributed by atoms with E-state index in [4.69, 9.17) is 6.42 Å². The van der Waals surface area contributed by atoms with E-state index in [9.17, 15) is 4.79 Å². The van der Waals surface area contributed by atoms with Crippen LogP contribution in [0.1, 0.15) is 45.4 Å². The fourth-order valence-electron chi connectivity index (χ4n) is 2.33. The van der Waals surface area contributed by atoms with E-state index in [0.717, 1.165) is 37.9 Å².